The van der Waals surface area contributed by atoms with Crippen molar-refractivity contribution in [2.24, 2.45) is 0 Å². The Morgan fingerprint density at radius 1 is 0.962 bits per heavy atom. The molecule has 0 unspecified atom stereocenters. The van der Waals surface area contributed by atoms with E-state index in [0.717, 1.165) is 36.9 Å². The maximum Gasteiger partial charge on any atom is 0.147 e. The monoisotopic (exact) mass is 406 g/mol. The Balaban J connectivity index is 1.95. The van der Waals surface area contributed by atoms with E-state index in [2.05, 4.69) is 9.88 Å². The summed E-state index contributed by atoms with van der Waals surface area (Å²) in [7, 11) is 0. The Morgan fingerprint density at radius 3 is 2.46 bits per heavy atom. The number of phenols is 1. The van der Waals surface area contributed by atoms with E-state index in [0.29, 0.717) is 26.1 Å². The number of hydrogen-bond donors (Lipinski definition) is 1. The molecule has 1 aromatic heterocycles. The SMILES string of the molecule is Oc1c([C@H](c2ccc(Cl)cc2Cl)N2CCCC2)cc(Cl)c2cccnc12. The molecule has 4 rings (SSSR count). The zero-order chi connectivity index (χ0) is 18.3. The Hall–Kier alpha value is -1.52. The van der Waals surface area contributed by atoms with Crippen molar-refractivity contribution in [2.45, 2.75) is 18.9 Å². The molecule has 3 nitrogen and oxygen atoms in total. The van der Waals surface area contributed by atoms with Crippen LogP contribution in [0.15, 0.2) is 42.6 Å². The molecule has 0 amide bonds. The van der Waals surface area contributed by atoms with E-state index in [1.807, 2.05) is 24.3 Å². The third-order valence-corrected chi connectivity index (χ3v) is 5.78. The second-order valence-electron chi connectivity index (χ2n) is 6.51. The molecule has 134 valence electrons. The largest absolute Gasteiger partial charge is 0.505 e. The number of benzene rings is 2. The zero-order valence-electron chi connectivity index (χ0n) is 13.9. The minimum absolute atomic E-state index is 0.146. The molecule has 0 aliphatic carbocycles. The van der Waals surface area contributed by atoms with Crippen LogP contribution in [0.4, 0.5) is 0 Å². The second-order valence-corrected chi connectivity index (χ2v) is 7.76. The van der Waals surface area contributed by atoms with Gasteiger partial charge in [0.1, 0.15) is 11.3 Å². The van der Waals surface area contributed by atoms with Gasteiger partial charge in [-0.3, -0.25) is 9.88 Å². The fourth-order valence-electron chi connectivity index (χ4n) is 3.70. The summed E-state index contributed by atoms with van der Waals surface area (Å²) >= 11 is 19.1. The molecule has 0 spiro atoms. The first-order valence-corrected chi connectivity index (χ1v) is 9.64. The number of aromatic hydroxyl groups is 1. The van der Waals surface area contributed by atoms with Crippen molar-refractivity contribution < 1.29 is 5.11 Å². The first kappa shape index (κ1) is 17.9. The minimum Gasteiger partial charge on any atom is -0.505 e. The molecule has 2 aromatic carbocycles. The van der Waals surface area contributed by atoms with E-state index in [1.165, 1.54) is 0 Å². The predicted octanol–water partition coefficient (Wildman–Crippen LogP) is 6.09. The highest BCUT2D eigenvalue weighted by molar-refractivity contribution is 6.36. The summed E-state index contributed by atoms with van der Waals surface area (Å²) in [5.74, 6) is 0.146. The second kappa shape index (κ2) is 7.24. The molecular weight excluding hydrogens is 391 g/mol. The maximum atomic E-state index is 11.0. The lowest BCUT2D eigenvalue weighted by atomic mass is 9.95. The first-order chi connectivity index (χ1) is 12.6. The van der Waals surface area contributed by atoms with Crippen LogP contribution in [0.5, 0.6) is 5.75 Å². The van der Waals surface area contributed by atoms with Gasteiger partial charge in [0, 0.05) is 27.2 Å². The molecule has 0 radical (unpaired) electrons. The third-order valence-electron chi connectivity index (χ3n) is 4.90. The van der Waals surface area contributed by atoms with Gasteiger partial charge in [-0.25, -0.2) is 0 Å². The van der Waals surface area contributed by atoms with Crippen molar-refractivity contribution in [3.05, 3.63) is 68.8 Å². The number of halogens is 3. The van der Waals surface area contributed by atoms with Gasteiger partial charge < -0.3 is 5.11 Å². The van der Waals surface area contributed by atoms with E-state index in [4.69, 9.17) is 34.8 Å². The molecule has 26 heavy (non-hydrogen) atoms. The average Bonchev–Trinajstić information content (AvgIpc) is 3.15. The van der Waals surface area contributed by atoms with E-state index >= 15 is 0 Å². The summed E-state index contributed by atoms with van der Waals surface area (Å²) in [5.41, 5.74) is 2.12. The van der Waals surface area contributed by atoms with E-state index in [1.54, 1.807) is 18.3 Å². The van der Waals surface area contributed by atoms with Crippen LogP contribution in [0.25, 0.3) is 10.9 Å². The number of pyridine rings is 1. The van der Waals surface area contributed by atoms with Gasteiger partial charge >= 0.3 is 0 Å². The topological polar surface area (TPSA) is 36.4 Å². The molecule has 1 aliphatic heterocycles. The molecule has 2 heterocycles. The van der Waals surface area contributed by atoms with Gasteiger partial charge in [-0.2, -0.15) is 0 Å². The lowest BCUT2D eigenvalue weighted by molar-refractivity contribution is 0.276. The van der Waals surface area contributed by atoms with Crippen LogP contribution in [0.3, 0.4) is 0 Å². The molecule has 3 aromatic rings. The van der Waals surface area contributed by atoms with Crippen LogP contribution < -0.4 is 0 Å². The van der Waals surface area contributed by atoms with Gasteiger partial charge in [0.2, 0.25) is 0 Å². The number of phenolic OH excluding ortho intramolecular Hbond substituents is 1. The molecule has 1 atom stereocenters. The van der Waals surface area contributed by atoms with Crippen molar-refractivity contribution in [2.75, 3.05) is 13.1 Å². The quantitative estimate of drug-likeness (QED) is 0.571. The summed E-state index contributed by atoms with van der Waals surface area (Å²) in [6, 6.07) is 10.8. The molecule has 0 saturated carbocycles. The van der Waals surface area contributed by atoms with Crippen molar-refractivity contribution in [3.63, 3.8) is 0 Å². The highest BCUT2D eigenvalue weighted by Gasteiger charge is 2.30. The summed E-state index contributed by atoms with van der Waals surface area (Å²) < 4.78 is 0. The normalized spacial score (nSPS) is 16.3. The summed E-state index contributed by atoms with van der Waals surface area (Å²) in [6.07, 6.45) is 3.88. The van der Waals surface area contributed by atoms with Crippen molar-refractivity contribution in [3.8, 4) is 5.75 Å². The van der Waals surface area contributed by atoms with Crippen LogP contribution in [0, 0.1) is 0 Å². The van der Waals surface area contributed by atoms with Gasteiger partial charge in [-0.05, 0) is 61.8 Å². The van der Waals surface area contributed by atoms with Crippen LogP contribution >= 0.6 is 34.8 Å². The number of aromatic nitrogens is 1. The first-order valence-electron chi connectivity index (χ1n) is 8.51. The molecule has 0 bridgehead atoms. The molecule has 6 heteroatoms. The summed E-state index contributed by atoms with van der Waals surface area (Å²) in [5, 5.41) is 13.5. The molecule has 1 fully saturated rings. The van der Waals surface area contributed by atoms with Crippen LogP contribution in [-0.2, 0) is 0 Å². The Bertz CT molecular complexity index is 971. The molecule has 1 aliphatic rings. The van der Waals surface area contributed by atoms with Crippen LogP contribution in [-0.4, -0.2) is 28.1 Å². The summed E-state index contributed by atoms with van der Waals surface area (Å²) in [6.45, 7) is 1.86. The standard InChI is InChI=1S/C20H17Cl3N2O/c21-12-5-6-14(16(22)10-12)19(25-8-1-2-9-25)15-11-17(23)13-4-3-7-24-18(13)20(15)26/h3-7,10-11,19,26H,1-2,8-9H2/t19-/m0/s1. The molecular formula is C20H17Cl3N2O. The lowest BCUT2D eigenvalue weighted by Gasteiger charge is -2.30. The molecule has 1 N–H and O–H groups in total. The number of likely N-dealkylation sites (tertiary alicyclic amines) is 1. The summed E-state index contributed by atoms with van der Waals surface area (Å²) in [4.78, 5) is 6.65. The average molecular weight is 408 g/mol. The fourth-order valence-corrected chi connectivity index (χ4v) is 4.48. The van der Waals surface area contributed by atoms with Gasteiger partial charge in [0.15, 0.2) is 0 Å². The van der Waals surface area contributed by atoms with Crippen molar-refractivity contribution in [1.82, 2.24) is 9.88 Å². The van der Waals surface area contributed by atoms with Gasteiger partial charge in [-0.1, -0.05) is 40.9 Å². The Labute approximate surface area is 167 Å². The third kappa shape index (κ3) is 3.14. The van der Waals surface area contributed by atoms with Gasteiger partial charge in [-0.15, -0.1) is 0 Å². The number of nitrogens with zero attached hydrogens (tertiary/aromatic N) is 2. The fraction of sp³-hybridized carbons (Fsp3) is 0.250. The Morgan fingerprint density at radius 2 is 1.73 bits per heavy atom. The van der Waals surface area contributed by atoms with E-state index < -0.39 is 0 Å². The van der Waals surface area contributed by atoms with Crippen molar-refractivity contribution in [1.29, 1.82) is 0 Å². The zero-order valence-corrected chi connectivity index (χ0v) is 16.2. The minimum atomic E-state index is -0.203. The number of hydrogen-bond acceptors (Lipinski definition) is 3. The van der Waals surface area contributed by atoms with E-state index in [9.17, 15) is 5.11 Å². The number of fused-ring (bicyclic) bond motifs is 1. The number of rotatable bonds is 3. The van der Waals surface area contributed by atoms with E-state index in [-0.39, 0.29) is 11.8 Å². The molecule has 1 saturated heterocycles. The van der Waals surface area contributed by atoms with Gasteiger partial charge in [0.25, 0.3) is 0 Å². The lowest BCUT2D eigenvalue weighted by Crippen LogP contribution is -2.27. The maximum absolute atomic E-state index is 11.0. The van der Waals surface area contributed by atoms with Crippen LogP contribution in [0.1, 0.15) is 30.0 Å². The van der Waals surface area contributed by atoms with Crippen molar-refractivity contribution >= 4 is 45.7 Å². The van der Waals surface area contributed by atoms with Gasteiger partial charge in [0.05, 0.1) is 11.1 Å². The predicted molar refractivity (Wildman–Crippen MR) is 108 cm³/mol. The smallest absolute Gasteiger partial charge is 0.147 e. The Kier molecular flexibility index (Phi) is 4.98. The highest BCUT2D eigenvalue weighted by atomic mass is 35.5. The highest BCUT2D eigenvalue weighted by Crippen LogP contribution is 2.43. The van der Waals surface area contributed by atoms with Crippen LogP contribution in [0.2, 0.25) is 15.1 Å².